The number of hydrogen-bond acceptors (Lipinski definition) is 4. The van der Waals surface area contributed by atoms with Crippen LogP contribution in [0.3, 0.4) is 0 Å². The molecule has 2 aliphatic rings. The number of hydrogen-bond donors (Lipinski definition) is 0. The van der Waals surface area contributed by atoms with Crippen LogP contribution in [0, 0.1) is 0 Å². The topological polar surface area (TPSA) is 36.9 Å². The highest BCUT2D eigenvalue weighted by Crippen LogP contribution is 2.27. The SMILES string of the molecule is IC[C@@H]1OCO[C@@H]2[C@H]1OCO[C@H]2CI. The van der Waals surface area contributed by atoms with Crippen LogP contribution in [-0.4, -0.2) is 46.9 Å². The van der Waals surface area contributed by atoms with Crippen molar-refractivity contribution in [2.45, 2.75) is 24.4 Å². The maximum Gasteiger partial charge on any atom is 0.147 e. The van der Waals surface area contributed by atoms with Gasteiger partial charge in [0.2, 0.25) is 0 Å². The highest BCUT2D eigenvalue weighted by atomic mass is 127. The van der Waals surface area contributed by atoms with E-state index in [1.165, 1.54) is 0 Å². The van der Waals surface area contributed by atoms with Gasteiger partial charge in [-0.2, -0.15) is 0 Å². The Morgan fingerprint density at radius 1 is 0.786 bits per heavy atom. The van der Waals surface area contributed by atoms with Crippen LogP contribution >= 0.6 is 45.2 Å². The number of alkyl halides is 2. The largest absolute Gasteiger partial charge is 0.349 e. The fraction of sp³-hybridized carbons (Fsp3) is 1.00. The first-order valence-corrected chi connectivity index (χ1v) is 7.50. The molecule has 0 unspecified atom stereocenters. The Labute approximate surface area is 110 Å². The average molecular weight is 426 g/mol. The molecule has 6 heteroatoms. The molecule has 2 saturated heterocycles. The smallest absolute Gasteiger partial charge is 0.147 e. The highest BCUT2D eigenvalue weighted by Gasteiger charge is 2.43. The van der Waals surface area contributed by atoms with Gasteiger partial charge in [0.15, 0.2) is 0 Å². The predicted octanol–water partition coefficient (Wildman–Crippen LogP) is 1.34. The lowest BCUT2D eigenvalue weighted by Crippen LogP contribution is -2.57. The van der Waals surface area contributed by atoms with Gasteiger partial charge < -0.3 is 18.9 Å². The molecule has 2 rings (SSSR count). The number of fused-ring (bicyclic) bond motifs is 1. The van der Waals surface area contributed by atoms with Crippen molar-refractivity contribution < 1.29 is 18.9 Å². The minimum absolute atomic E-state index is 0.0363. The third kappa shape index (κ3) is 2.34. The lowest BCUT2D eigenvalue weighted by Gasteiger charge is -2.43. The first-order chi connectivity index (χ1) is 6.86. The summed E-state index contributed by atoms with van der Waals surface area (Å²) in [5.41, 5.74) is 0. The summed E-state index contributed by atoms with van der Waals surface area (Å²) in [5.74, 6) is 0. The van der Waals surface area contributed by atoms with E-state index in [1.807, 2.05) is 0 Å². The molecule has 0 bridgehead atoms. The van der Waals surface area contributed by atoms with Crippen LogP contribution in [-0.2, 0) is 18.9 Å². The molecule has 4 atom stereocenters. The van der Waals surface area contributed by atoms with Gasteiger partial charge in [0, 0.05) is 8.86 Å². The van der Waals surface area contributed by atoms with Crippen LogP contribution in [0.1, 0.15) is 0 Å². The average Bonchev–Trinajstić information content (AvgIpc) is 2.27. The van der Waals surface area contributed by atoms with Gasteiger partial charge in [0.05, 0.1) is 12.2 Å². The van der Waals surface area contributed by atoms with Crippen LogP contribution < -0.4 is 0 Å². The van der Waals surface area contributed by atoms with Gasteiger partial charge >= 0.3 is 0 Å². The zero-order valence-corrected chi connectivity index (χ0v) is 11.8. The third-order valence-corrected chi connectivity index (χ3v) is 4.18. The fourth-order valence-corrected chi connectivity index (χ4v) is 3.20. The molecule has 0 aliphatic carbocycles. The lowest BCUT2D eigenvalue weighted by atomic mass is 10.0. The highest BCUT2D eigenvalue weighted by molar-refractivity contribution is 14.1. The Kier molecular flexibility index (Phi) is 4.69. The van der Waals surface area contributed by atoms with Crippen molar-refractivity contribution in [1.29, 1.82) is 0 Å². The Morgan fingerprint density at radius 3 is 1.57 bits per heavy atom. The molecular weight excluding hydrogens is 414 g/mol. The Morgan fingerprint density at radius 2 is 1.21 bits per heavy atom. The summed E-state index contributed by atoms with van der Waals surface area (Å²) >= 11 is 4.62. The predicted molar refractivity (Wildman–Crippen MR) is 67.0 cm³/mol. The van der Waals surface area contributed by atoms with Crippen LogP contribution in [0.4, 0.5) is 0 Å². The van der Waals surface area contributed by atoms with Crippen molar-refractivity contribution in [1.82, 2.24) is 0 Å². The molecule has 0 saturated carbocycles. The normalized spacial score (nSPS) is 43.3. The molecule has 4 nitrogen and oxygen atoms in total. The first-order valence-electron chi connectivity index (χ1n) is 4.45. The Bertz CT molecular complexity index is 172. The second-order valence-corrected chi connectivity index (χ2v) is 4.98. The standard InChI is InChI=1S/C8H12I2O4/c9-1-5-7-8(14-3-11-5)6(2-10)12-4-13-7/h5-8H,1-4H2/t5-,6-,7-,8-/m0/s1. The van der Waals surface area contributed by atoms with Gasteiger partial charge in [-0.15, -0.1) is 0 Å². The molecule has 0 radical (unpaired) electrons. The van der Waals surface area contributed by atoms with Gasteiger partial charge in [-0.05, 0) is 0 Å². The summed E-state index contributed by atoms with van der Waals surface area (Å²) < 4.78 is 23.9. The molecule has 0 aromatic carbocycles. The lowest BCUT2D eigenvalue weighted by molar-refractivity contribution is -0.314. The van der Waals surface area contributed by atoms with Crippen LogP contribution in [0.15, 0.2) is 0 Å². The maximum atomic E-state index is 5.54. The zero-order valence-electron chi connectivity index (χ0n) is 7.53. The van der Waals surface area contributed by atoms with Crippen molar-refractivity contribution in [3.05, 3.63) is 0 Å². The Hall–Kier alpha value is 1.30. The zero-order chi connectivity index (χ0) is 9.97. The van der Waals surface area contributed by atoms with Gasteiger partial charge in [-0.3, -0.25) is 0 Å². The molecule has 2 fully saturated rings. The molecule has 14 heavy (non-hydrogen) atoms. The second kappa shape index (κ2) is 5.58. The van der Waals surface area contributed by atoms with E-state index in [4.69, 9.17) is 18.9 Å². The molecule has 2 aliphatic heterocycles. The van der Waals surface area contributed by atoms with E-state index in [9.17, 15) is 0 Å². The summed E-state index contributed by atoms with van der Waals surface area (Å²) in [6.07, 6.45) is 0.357. The molecule has 0 aromatic heterocycles. The quantitative estimate of drug-likeness (QED) is 0.494. The minimum atomic E-state index is 0.0363. The first kappa shape index (κ1) is 11.8. The van der Waals surface area contributed by atoms with Crippen LogP contribution in [0.2, 0.25) is 0 Å². The van der Waals surface area contributed by atoms with E-state index in [0.29, 0.717) is 13.6 Å². The monoisotopic (exact) mass is 426 g/mol. The van der Waals surface area contributed by atoms with Crippen molar-refractivity contribution >= 4 is 45.2 Å². The van der Waals surface area contributed by atoms with Crippen LogP contribution in [0.25, 0.3) is 0 Å². The van der Waals surface area contributed by atoms with E-state index >= 15 is 0 Å². The van der Waals surface area contributed by atoms with E-state index in [1.54, 1.807) is 0 Å². The van der Waals surface area contributed by atoms with E-state index < -0.39 is 0 Å². The van der Waals surface area contributed by atoms with Crippen LogP contribution in [0.5, 0.6) is 0 Å². The molecule has 0 N–H and O–H groups in total. The summed E-state index contributed by atoms with van der Waals surface area (Å²) in [6.45, 7) is 0.712. The van der Waals surface area contributed by atoms with Crippen molar-refractivity contribution in [3.63, 3.8) is 0 Å². The Balaban J connectivity index is 2.04. The summed E-state index contributed by atoms with van der Waals surface area (Å²) in [5, 5.41) is 0. The number of halogens is 2. The number of rotatable bonds is 2. The summed E-state index contributed by atoms with van der Waals surface area (Å²) in [7, 11) is 0. The molecule has 2 heterocycles. The second-order valence-electron chi connectivity index (χ2n) is 3.22. The van der Waals surface area contributed by atoms with Gasteiger partial charge in [0.1, 0.15) is 25.8 Å². The minimum Gasteiger partial charge on any atom is -0.349 e. The molecular formula is C8H12I2O4. The van der Waals surface area contributed by atoms with Crippen molar-refractivity contribution in [3.8, 4) is 0 Å². The maximum absolute atomic E-state index is 5.54. The molecule has 0 spiro atoms. The third-order valence-electron chi connectivity index (χ3n) is 2.45. The van der Waals surface area contributed by atoms with Gasteiger partial charge in [-0.1, -0.05) is 45.2 Å². The summed E-state index contributed by atoms with van der Waals surface area (Å²) in [6, 6.07) is 0. The molecule has 82 valence electrons. The molecule has 0 amide bonds. The van der Waals surface area contributed by atoms with E-state index in [-0.39, 0.29) is 24.4 Å². The van der Waals surface area contributed by atoms with Gasteiger partial charge in [-0.25, -0.2) is 0 Å². The summed E-state index contributed by atoms with van der Waals surface area (Å²) in [4.78, 5) is 0. The van der Waals surface area contributed by atoms with E-state index in [2.05, 4.69) is 45.2 Å². The fourth-order valence-electron chi connectivity index (χ4n) is 1.69. The van der Waals surface area contributed by atoms with Gasteiger partial charge in [0.25, 0.3) is 0 Å². The molecule has 0 aromatic rings. The van der Waals surface area contributed by atoms with Crippen molar-refractivity contribution in [2.75, 3.05) is 22.4 Å². The van der Waals surface area contributed by atoms with E-state index in [0.717, 1.165) is 8.86 Å². The number of ether oxygens (including phenoxy) is 4. The van der Waals surface area contributed by atoms with Crippen molar-refractivity contribution in [2.24, 2.45) is 0 Å².